The summed E-state index contributed by atoms with van der Waals surface area (Å²) in [5, 5.41) is 2.85. The van der Waals surface area contributed by atoms with Gasteiger partial charge in [0.05, 0.1) is 11.8 Å². The average Bonchev–Trinajstić information content (AvgIpc) is 2.15. The predicted octanol–water partition coefficient (Wildman–Crippen LogP) is 1.02. The molecule has 0 aliphatic carbocycles. The molecule has 66 valence electrons. The molecule has 0 spiro atoms. The predicted molar refractivity (Wildman–Crippen MR) is 51.9 cm³/mol. The van der Waals surface area contributed by atoms with Gasteiger partial charge in [0.25, 0.3) is 0 Å². The van der Waals surface area contributed by atoms with Crippen LogP contribution in [0.25, 0.3) is 0 Å². The standard InChI is InChI=1S/C9H13NOS/c1-2-6-10-9(11)8-5-3-4-7-12-8/h1,8H,3-7H2,(H,10,11). The van der Waals surface area contributed by atoms with E-state index in [1.807, 2.05) is 0 Å². The van der Waals surface area contributed by atoms with Crippen molar-refractivity contribution in [2.45, 2.75) is 24.5 Å². The number of carbonyl (C=O) groups excluding carboxylic acids is 1. The molecule has 0 radical (unpaired) electrons. The molecule has 12 heavy (non-hydrogen) atoms. The topological polar surface area (TPSA) is 29.1 Å². The van der Waals surface area contributed by atoms with Crippen LogP contribution in [0.3, 0.4) is 0 Å². The van der Waals surface area contributed by atoms with Crippen molar-refractivity contribution in [1.82, 2.24) is 5.32 Å². The van der Waals surface area contributed by atoms with Crippen LogP contribution in [0.5, 0.6) is 0 Å². The van der Waals surface area contributed by atoms with E-state index >= 15 is 0 Å². The van der Waals surface area contributed by atoms with Crippen molar-refractivity contribution in [2.24, 2.45) is 0 Å². The van der Waals surface area contributed by atoms with Gasteiger partial charge in [0.2, 0.25) is 5.91 Å². The zero-order valence-corrected chi connectivity index (χ0v) is 7.82. The summed E-state index contributed by atoms with van der Waals surface area (Å²) in [6, 6.07) is 0. The smallest absolute Gasteiger partial charge is 0.233 e. The lowest BCUT2D eigenvalue weighted by molar-refractivity contribution is -0.120. The van der Waals surface area contributed by atoms with E-state index in [1.165, 1.54) is 12.8 Å². The van der Waals surface area contributed by atoms with Crippen LogP contribution in [0.15, 0.2) is 0 Å². The molecular formula is C9H13NOS. The Bertz CT molecular complexity index is 191. The molecular weight excluding hydrogens is 170 g/mol. The molecule has 1 amide bonds. The Kier molecular flexibility index (Phi) is 4.02. The number of amides is 1. The Morgan fingerprint density at radius 2 is 2.50 bits per heavy atom. The first-order valence-corrected chi connectivity index (χ1v) is 5.22. The van der Waals surface area contributed by atoms with Crippen LogP contribution < -0.4 is 5.32 Å². The van der Waals surface area contributed by atoms with Gasteiger partial charge in [-0.05, 0) is 18.6 Å². The SMILES string of the molecule is C#CCNC(=O)C1CCCCS1. The number of carbonyl (C=O) groups is 1. The van der Waals surface area contributed by atoms with E-state index in [-0.39, 0.29) is 11.2 Å². The molecule has 0 saturated carbocycles. The maximum absolute atomic E-state index is 11.3. The molecule has 2 nitrogen and oxygen atoms in total. The quantitative estimate of drug-likeness (QED) is 0.648. The second-order valence-electron chi connectivity index (χ2n) is 2.78. The molecule has 0 aromatic heterocycles. The summed E-state index contributed by atoms with van der Waals surface area (Å²) in [5.74, 6) is 3.61. The highest BCUT2D eigenvalue weighted by molar-refractivity contribution is 8.00. The van der Waals surface area contributed by atoms with Crippen molar-refractivity contribution < 1.29 is 4.79 Å². The third-order valence-corrected chi connectivity index (χ3v) is 3.21. The van der Waals surface area contributed by atoms with Crippen LogP contribution in [-0.2, 0) is 4.79 Å². The highest BCUT2D eigenvalue weighted by Crippen LogP contribution is 2.24. The largest absolute Gasteiger partial charge is 0.344 e. The van der Waals surface area contributed by atoms with Gasteiger partial charge in [-0.25, -0.2) is 0 Å². The van der Waals surface area contributed by atoms with Crippen LogP contribution >= 0.6 is 11.8 Å². The lowest BCUT2D eigenvalue weighted by atomic mass is 10.2. The normalized spacial score (nSPS) is 22.8. The highest BCUT2D eigenvalue weighted by Gasteiger charge is 2.20. The van der Waals surface area contributed by atoms with Gasteiger partial charge in [-0.1, -0.05) is 12.3 Å². The lowest BCUT2D eigenvalue weighted by Crippen LogP contribution is -2.34. The van der Waals surface area contributed by atoms with Gasteiger partial charge < -0.3 is 5.32 Å². The van der Waals surface area contributed by atoms with Crippen LogP contribution in [0.4, 0.5) is 0 Å². The number of nitrogens with one attached hydrogen (secondary N) is 1. The molecule has 0 aromatic rings. The highest BCUT2D eigenvalue weighted by atomic mass is 32.2. The molecule has 1 rings (SSSR count). The van der Waals surface area contributed by atoms with Crippen molar-refractivity contribution >= 4 is 17.7 Å². The maximum Gasteiger partial charge on any atom is 0.233 e. The van der Waals surface area contributed by atoms with Crippen LogP contribution in [0, 0.1) is 12.3 Å². The number of thioether (sulfide) groups is 1. The van der Waals surface area contributed by atoms with Crippen molar-refractivity contribution in [2.75, 3.05) is 12.3 Å². The van der Waals surface area contributed by atoms with Crippen LogP contribution in [0.2, 0.25) is 0 Å². The monoisotopic (exact) mass is 183 g/mol. The Morgan fingerprint density at radius 3 is 3.08 bits per heavy atom. The van der Waals surface area contributed by atoms with Crippen molar-refractivity contribution in [3.63, 3.8) is 0 Å². The zero-order chi connectivity index (χ0) is 8.81. The summed E-state index contributed by atoms with van der Waals surface area (Å²) < 4.78 is 0. The fraction of sp³-hybridized carbons (Fsp3) is 0.667. The Labute approximate surface area is 77.5 Å². The maximum atomic E-state index is 11.3. The molecule has 1 fully saturated rings. The molecule has 0 bridgehead atoms. The summed E-state index contributed by atoms with van der Waals surface area (Å²) in [6.07, 6.45) is 8.44. The van der Waals surface area contributed by atoms with Crippen LogP contribution in [0.1, 0.15) is 19.3 Å². The summed E-state index contributed by atoms with van der Waals surface area (Å²) in [5.41, 5.74) is 0. The Balaban J connectivity index is 2.26. The van der Waals surface area contributed by atoms with E-state index in [0.29, 0.717) is 6.54 Å². The number of rotatable bonds is 2. The van der Waals surface area contributed by atoms with Crippen molar-refractivity contribution in [1.29, 1.82) is 0 Å². The number of hydrogen-bond acceptors (Lipinski definition) is 2. The first-order chi connectivity index (χ1) is 5.84. The zero-order valence-electron chi connectivity index (χ0n) is 7.01. The van der Waals surface area contributed by atoms with Crippen molar-refractivity contribution in [3.8, 4) is 12.3 Å². The van der Waals surface area contributed by atoms with E-state index < -0.39 is 0 Å². The first kappa shape index (κ1) is 9.47. The minimum atomic E-state index is 0.109. The minimum Gasteiger partial charge on any atom is -0.344 e. The molecule has 1 N–H and O–H groups in total. The van der Waals surface area contributed by atoms with Gasteiger partial charge in [0.1, 0.15) is 0 Å². The first-order valence-electron chi connectivity index (χ1n) is 4.17. The Hall–Kier alpha value is -0.620. The Morgan fingerprint density at radius 1 is 1.67 bits per heavy atom. The summed E-state index contributed by atoms with van der Waals surface area (Å²) in [6.45, 7) is 0.357. The molecule has 1 aliphatic heterocycles. The van der Waals surface area contributed by atoms with E-state index in [1.54, 1.807) is 11.8 Å². The third kappa shape index (κ3) is 2.78. The second kappa shape index (κ2) is 5.10. The average molecular weight is 183 g/mol. The van der Waals surface area contributed by atoms with Gasteiger partial charge in [-0.15, -0.1) is 18.2 Å². The fourth-order valence-corrected chi connectivity index (χ4v) is 2.42. The second-order valence-corrected chi connectivity index (χ2v) is 4.09. The molecule has 0 aromatic carbocycles. The number of hydrogen-bond donors (Lipinski definition) is 1. The molecule has 3 heteroatoms. The van der Waals surface area contributed by atoms with Gasteiger partial charge in [-0.3, -0.25) is 4.79 Å². The lowest BCUT2D eigenvalue weighted by Gasteiger charge is -2.19. The van der Waals surface area contributed by atoms with Gasteiger partial charge in [0, 0.05) is 0 Å². The van der Waals surface area contributed by atoms with E-state index in [2.05, 4.69) is 11.2 Å². The van der Waals surface area contributed by atoms with E-state index in [0.717, 1.165) is 12.2 Å². The molecule has 1 saturated heterocycles. The summed E-state index contributed by atoms with van der Waals surface area (Å²) >= 11 is 1.74. The molecule has 1 unspecified atom stereocenters. The van der Waals surface area contributed by atoms with Gasteiger partial charge >= 0.3 is 0 Å². The van der Waals surface area contributed by atoms with E-state index in [9.17, 15) is 4.79 Å². The van der Waals surface area contributed by atoms with E-state index in [4.69, 9.17) is 6.42 Å². The fourth-order valence-electron chi connectivity index (χ4n) is 1.20. The van der Waals surface area contributed by atoms with Crippen molar-refractivity contribution in [3.05, 3.63) is 0 Å². The van der Waals surface area contributed by atoms with Crippen LogP contribution in [-0.4, -0.2) is 23.5 Å². The molecule has 1 heterocycles. The molecule has 1 atom stereocenters. The van der Waals surface area contributed by atoms with Gasteiger partial charge in [-0.2, -0.15) is 0 Å². The van der Waals surface area contributed by atoms with Gasteiger partial charge in [0.15, 0.2) is 0 Å². The summed E-state index contributed by atoms with van der Waals surface area (Å²) in [4.78, 5) is 11.3. The third-order valence-electron chi connectivity index (χ3n) is 1.84. The minimum absolute atomic E-state index is 0.109. The molecule has 1 aliphatic rings. The number of terminal acetylenes is 1. The summed E-state index contributed by atoms with van der Waals surface area (Å²) in [7, 11) is 0.